The van der Waals surface area contributed by atoms with Gasteiger partial charge in [0.25, 0.3) is 5.91 Å². The van der Waals surface area contributed by atoms with E-state index in [9.17, 15) is 24.6 Å². The van der Waals surface area contributed by atoms with Gasteiger partial charge in [0.1, 0.15) is 17.1 Å². The number of Topliss-reactive ketones (excluding diaryl/α,β-unsaturated/α-hetero) is 2. The second-order valence-corrected chi connectivity index (χ2v) is 7.65. The number of hydrogen-bond donors (Lipinski definition) is 3. The fraction of sp³-hybridized carbons (Fsp3) is 0.632. The highest BCUT2D eigenvalue weighted by molar-refractivity contribution is 6.25. The molecule has 6 nitrogen and oxygen atoms in total. The number of amides is 1. The first-order chi connectivity index (χ1) is 11.7. The zero-order valence-electron chi connectivity index (χ0n) is 14.8. The molecule has 5 atom stereocenters. The summed E-state index contributed by atoms with van der Waals surface area (Å²) < 4.78 is 0. The van der Waals surface area contributed by atoms with Gasteiger partial charge >= 0.3 is 0 Å². The molecule has 136 valence electrons. The zero-order valence-corrected chi connectivity index (χ0v) is 14.8. The van der Waals surface area contributed by atoms with Gasteiger partial charge in [-0.05, 0) is 30.8 Å². The fourth-order valence-corrected chi connectivity index (χ4v) is 4.91. The van der Waals surface area contributed by atoms with Crippen molar-refractivity contribution in [2.24, 2.45) is 23.2 Å². The minimum absolute atomic E-state index is 0.00530. The summed E-state index contributed by atoms with van der Waals surface area (Å²) in [7, 11) is 0. The van der Waals surface area contributed by atoms with Crippen molar-refractivity contribution in [1.82, 2.24) is 5.32 Å². The molecule has 0 aromatic rings. The van der Waals surface area contributed by atoms with Crippen molar-refractivity contribution in [2.75, 3.05) is 6.54 Å². The lowest BCUT2D eigenvalue weighted by Crippen LogP contribution is -2.54. The van der Waals surface area contributed by atoms with Crippen LogP contribution in [0.1, 0.15) is 40.0 Å². The Labute approximate surface area is 147 Å². The first-order valence-corrected chi connectivity index (χ1v) is 8.85. The third kappa shape index (κ3) is 2.46. The van der Waals surface area contributed by atoms with Crippen LogP contribution < -0.4 is 5.32 Å². The average Bonchev–Trinajstić information content (AvgIpc) is 2.91. The minimum Gasteiger partial charge on any atom is -0.511 e. The Morgan fingerprint density at radius 3 is 2.60 bits per heavy atom. The van der Waals surface area contributed by atoms with E-state index in [1.54, 1.807) is 6.92 Å². The van der Waals surface area contributed by atoms with Crippen LogP contribution in [0.15, 0.2) is 23.0 Å². The molecule has 1 amide bonds. The van der Waals surface area contributed by atoms with Crippen molar-refractivity contribution >= 4 is 17.5 Å². The minimum atomic E-state index is -0.905. The SMILES string of the molecule is CC[C@@H]1CC(=O)[C@H]2[C@@H](CC=C(C)[C@@H]2O)[C@]1(C)/C(O)=C1\C(=O)CNC1=O. The number of allylic oxidation sites excluding steroid dienone is 2. The summed E-state index contributed by atoms with van der Waals surface area (Å²) in [6.07, 6.45) is 2.40. The topological polar surface area (TPSA) is 104 Å². The highest BCUT2D eigenvalue weighted by atomic mass is 16.3. The third-order valence-electron chi connectivity index (χ3n) is 6.53. The van der Waals surface area contributed by atoms with E-state index in [4.69, 9.17) is 0 Å². The van der Waals surface area contributed by atoms with Crippen LogP contribution in [0.2, 0.25) is 0 Å². The number of hydrogen-bond acceptors (Lipinski definition) is 5. The second-order valence-electron chi connectivity index (χ2n) is 7.65. The standard InChI is InChI=1S/C19H25NO5/c1-4-10-7-12(21)14-11(6-5-9(2)16(14)23)19(10,3)17(24)15-13(22)8-20-18(15)25/h5,10-11,14,16,23-24H,4,6-8H2,1-3H3,(H,20,25)/b17-15-/t10-,11-,14-,16+,19-/m1/s1. The van der Waals surface area contributed by atoms with Crippen LogP contribution in [-0.2, 0) is 14.4 Å². The predicted octanol–water partition coefficient (Wildman–Crippen LogP) is 1.45. The van der Waals surface area contributed by atoms with Gasteiger partial charge in [0, 0.05) is 11.8 Å². The Morgan fingerprint density at radius 2 is 2.04 bits per heavy atom. The van der Waals surface area contributed by atoms with E-state index < -0.39 is 29.1 Å². The number of aliphatic hydroxyl groups is 2. The van der Waals surface area contributed by atoms with Gasteiger partial charge in [0.2, 0.25) is 0 Å². The number of aliphatic hydroxyl groups excluding tert-OH is 2. The van der Waals surface area contributed by atoms with E-state index in [2.05, 4.69) is 5.32 Å². The van der Waals surface area contributed by atoms with Crippen molar-refractivity contribution in [3.05, 3.63) is 23.0 Å². The van der Waals surface area contributed by atoms with Crippen LogP contribution in [0, 0.1) is 23.2 Å². The molecule has 2 fully saturated rings. The van der Waals surface area contributed by atoms with E-state index in [1.165, 1.54) is 0 Å². The van der Waals surface area contributed by atoms with Crippen molar-refractivity contribution < 1.29 is 24.6 Å². The smallest absolute Gasteiger partial charge is 0.258 e. The lowest BCUT2D eigenvalue weighted by molar-refractivity contribution is -0.142. The molecule has 0 aromatic carbocycles. The van der Waals surface area contributed by atoms with E-state index in [0.29, 0.717) is 12.8 Å². The fourth-order valence-electron chi connectivity index (χ4n) is 4.91. The molecule has 3 aliphatic rings. The molecule has 3 rings (SSSR count). The number of carbonyl (C=O) groups excluding carboxylic acids is 3. The number of ketones is 2. The molecule has 1 aliphatic heterocycles. The second kappa shape index (κ2) is 6.09. The van der Waals surface area contributed by atoms with E-state index in [-0.39, 0.29) is 41.9 Å². The largest absolute Gasteiger partial charge is 0.511 e. The molecule has 1 saturated heterocycles. The first kappa shape index (κ1) is 17.9. The predicted molar refractivity (Wildman–Crippen MR) is 90.5 cm³/mol. The Morgan fingerprint density at radius 1 is 1.36 bits per heavy atom. The summed E-state index contributed by atoms with van der Waals surface area (Å²) in [5.41, 5.74) is -0.332. The Hall–Kier alpha value is -1.95. The summed E-state index contributed by atoms with van der Waals surface area (Å²) in [6.45, 7) is 5.45. The van der Waals surface area contributed by atoms with Gasteiger partial charge in [-0.25, -0.2) is 0 Å². The van der Waals surface area contributed by atoms with Crippen LogP contribution >= 0.6 is 0 Å². The molecule has 25 heavy (non-hydrogen) atoms. The van der Waals surface area contributed by atoms with Crippen molar-refractivity contribution in [1.29, 1.82) is 0 Å². The normalized spacial score (nSPS) is 40.5. The maximum atomic E-state index is 12.7. The van der Waals surface area contributed by atoms with E-state index in [0.717, 1.165) is 5.57 Å². The van der Waals surface area contributed by atoms with Crippen LogP contribution in [0.3, 0.4) is 0 Å². The summed E-state index contributed by atoms with van der Waals surface area (Å²) in [5, 5.41) is 24.0. The highest BCUT2D eigenvalue weighted by Gasteiger charge is 2.57. The Bertz CT molecular complexity index is 689. The Kier molecular flexibility index (Phi) is 4.35. The first-order valence-electron chi connectivity index (χ1n) is 8.85. The van der Waals surface area contributed by atoms with Gasteiger partial charge in [-0.1, -0.05) is 26.3 Å². The molecule has 3 N–H and O–H groups in total. The summed E-state index contributed by atoms with van der Waals surface area (Å²) in [5.74, 6) is -2.35. The molecule has 1 heterocycles. The van der Waals surface area contributed by atoms with Crippen LogP contribution in [0.25, 0.3) is 0 Å². The van der Waals surface area contributed by atoms with Gasteiger partial charge in [-0.3, -0.25) is 14.4 Å². The van der Waals surface area contributed by atoms with Crippen molar-refractivity contribution in [2.45, 2.75) is 46.1 Å². The molecular weight excluding hydrogens is 322 g/mol. The maximum Gasteiger partial charge on any atom is 0.258 e. The van der Waals surface area contributed by atoms with Gasteiger partial charge in [-0.15, -0.1) is 0 Å². The summed E-state index contributed by atoms with van der Waals surface area (Å²) >= 11 is 0. The molecule has 1 saturated carbocycles. The molecule has 0 aromatic heterocycles. The van der Waals surface area contributed by atoms with Crippen LogP contribution in [0.4, 0.5) is 0 Å². The number of nitrogens with one attached hydrogen (secondary N) is 1. The quantitative estimate of drug-likeness (QED) is 0.304. The summed E-state index contributed by atoms with van der Waals surface area (Å²) in [4.78, 5) is 36.9. The molecule has 2 aliphatic carbocycles. The van der Waals surface area contributed by atoms with E-state index in [1.807, 2.05) is 19.9 Å². The summed E-state index contributed by atoms with van der Waals surface area (Å²) in [6, 6.07) is 0. The molecular formula is C19H25NO5. The molecule has 6 heteroatoms. The van der Waals surface area contributed by atoms with Gasteiger partial charge in [0.05, 0.1) is 18.6 Å². The number of carbonyl (C=O) groups is 3. The van der Waals surface area contributed by atoms with Gasteiger partial charge in [0.15, 0.2) is 5.78 Å². The van der Waals surface area contributed by atoms with Gasteiger partial charge in [-0.2, -0.15) is 0 Å². The van der Waals surface area contributed by atoms with Crippen LogP contribution in [0.5, 0.6) is 0 Å². The molecule has 0 bridgehead atoms. The lowest BCUT2D eigenvalue weighted by Gasteiger charge is -2.52. The number of fused-ring (bicyclic) bond motifs is 1. The number of rotatable bonds is 2. The van der Waals surface area contributed by atoms with E-state index >= 15 is 0 Å². The van der Waals surface area contributed by atoms with Crippen LogP contribution in [-0.4, -0.2) is 40.3 Å². The average molecular weight is 347 g/mol. The third-order valence-corrected chi connectivity index (χ3v) is 6.53. The zero-order chi connectivity index (χ0) is 18.5. The van der Waals surface area contributed by atoms with Crippen molar-refractivity contribution in [3.63, 3.8) is 0 Å². The van der Waals surface area contributed by atoms with Crippen molar-refractivity contribution in [3.8, 4) is 0 Å². The lowest BCUT2D eigenvalue weighted by atomic mass is 9.51. The highest BCUT2D eigenvalue weighted by Crippen LogP contribution is 2.56. The Balaban J connectivity index is 2.16. The van der Waals surface area contributed by atoms with Gasteiger partial charge < -0.3 is 15.5 Å². The monoisotopic (exact) mass is 347 g/mol. The molecule has 0 spiro atoms. The molecule has 0 radical (unpaired) electrons. The molecule has 0 unspecified atom stereocenters. The maximum absolute atomic E-state index is 12.7.